The smallest absolute Gasteiger partial charge is 0.262 e. The predicted octanol–water partition coefficient (Wildman–Crippen LogP) is 4.08. The Morgan fingerprint density at radius 1 is 1.03 bits per heavy atom. The second-order valence-corrected chi connectivity index (χ2v) is 8.67. The number of hydrogen-bond acceptors (Lipinski definition) is 5. The Bertz CT molecular complexity index is 1430. The molecule has 2 heterocycles. The zero-order valence-electron chi connectivity index (χ0n) is 19.2. The lowest BCUT2D eigenvalue weighted by Crippen LogP contribution is -2.46. The van der Waals surface area contributed by atoms with Gasteiger partial charge in [-0.25, -0.2) is 5.43 Å². The third kappa shape index (κ3) is 5.34. The van der Waals surface area contributed by atoms with E-state index in [-0.39, 0.29) is 12.3 Å². The highest BCUT2D eigenvalue weighted by Crippen LogP contribution is 2.30. The van der Waals surface area contributed by atoms with Gasteiger partial charge in [0, 0.05) is 34.1 Å². The lowest BCUT2D eigenvalue weighted by Gasteiger charge is -2.18. The molecule has 1 aliphatic rings. The number of fused-ring (bicyclic) bond motifs is 2. The lowest BCUT2D eigenvalue weighted by atomic mass is 10.0. The molecular weight excluding hydrogens is 480 g/mol. The quantitative estimate of drug-likeness (QED) is 0.261. The summed E-state index contributed by atoms with van der Waals surface area (Å²) in [5.74, 6) is 0.467. The van der Waals surface area contributed by atoms with E-state index in [2.05, 4.69) is 20.8 Å². The average molecular weight is 503 g/mol. The molecule has 8 nitrogen and oxygen atoms in total. The molecule has 0 fully saturated rings. The van der Waals surface area contributed by atoms with E-state index in [1.165, 1.54) is 6.21 Å². The third-order valence-electron chi connectivity index (χ3n) is 5.78. The Morgan fingerprint density at radius 2 is 1.81 bits per heavy atom. The van der Waals surface area contributed by atoms with Crippen LogP contribution in [-0.2, 0) is 11.2 Å². The molecule has 1 aromatic heterocycles. The summed E-state index contributed by atoms with van der Waals surface area (Å²) in [7, 11) is 0. The van der Waals surface area contributed by atoms with Gasteiger partial charge >= 0.3 is 0 Å². The first-order valence-corrected chi connectivity index (χ1v) is 11.8. The van der Waals surface area contributed by atoms with E-state index in [9.17, 15) is 9.59 Å². The fourth-order valence-corrected chi connectivity index (χ4v) is 4.09. The highest BCUT2D eigenvalue weighted by molar-refractivity contribution is 6.30. The van der Waals surface area contributed by atoms with Crippen LogP contribution in [-0.4, -0.2) is 42.3 Å². The van der Waals surface area contributed by atoms with Gasteiger partial charge in [0.25, 0.3) is 11.8 Å². The summed E-state index contributed by atoms with van der Waals surface area (Å²) in [6, 6.07) is 18.8. The average Bonchev–Trinajstić information content (AvgIpc) is 3.31. The summed E-state index contributed by atoms with van der Waals surface area (Å²) >= 11 is 5.94. The molecule has 1 atom stereocenters. The second-order valence-electron chi connectivity index (χ2n) is 8.23. The minimum absolute atomic E-state index is 0.273. The van der Waals surface area contributed by atoms with Gasteiger partial charge in [-0.2, -0.15) is 5.10 Å². The van der Waals surface area contributed by atoms with Crippen LogP contribution in [0.4, 0.5) is 0 Å². The molecule has 3 aromatic carbocycles. The number of hydrogen-bond donors (Lipinski definition) is 3. The van der Waals surface area contributed by atoms with Gasteiger partial charge in [0.2, 0.25) is 0 Å². The first-order valence-electron chi connectivity index (χ1n) is 11.4. The maximum absolute atomic E-state index is 13.1. The molecule has 3 N–H and O–H groups in total. The molecular formula is C27H23ClN4O4. The summed E-state index contributed by atoms with van der Waals surface area (Å²) in [6.45, 7) is 0.989. The highest BCUT2D eigenvalue weighted by atomic mass is 35.5. The number of hydrazone groups is 1. The Labute approximate surface area is 212 Å². The monoisotopic (exact) mass is 502 g/mol. The number of para-hydroxylation sites is 1. The Morgan fingerprint density at radius 3 is 2.64 bits per heavy atom. The molecule has 0 bridgehead atoms. The Hall–Kier alpha value is -4.30. The van der Waals surface area contributed by atoms with Crippen LogP contribution in [0.3, 0.4) is 0 Å². The summed E-state index contributed by atoms with van der Waals surface area (Å²) in [5, 5.41) is 8.43. The number of halogens is 1. The molecule has 182 valence electrons. The first kappa shape index (κ1) is 23.4. The molecule has 1 aliphatic heterocycles. The van der Waals surface area contributed by atoms with E-state index in [1.807, 2.05) is 36.5 Å². The van der Waals surface area contributed by atoms with Crippen molar-refractivity contribution in [1.82, 2.24) is 15.7 Å². The van der Waals surface area contributed by atoms with Gasteiger partial charge in [-0.1, -0.05) is 29.8 Å². The first-order chi connectivity index (χ1) is 17.6. The second kappa shape index (κ2) is 10.5. The molecule has 0 spiro atoms. The highest BCUT2D eigenvalue weighted by Gasteiger charge is 2.23. The number of rotatable bonds is 7. The van der Waals surface area contributed by atoms with E-state index in [4.69, 9.17) is 21.1 Å². The topological polar surface area (TPSA) is 105 Å². The molecule has 0 radical (unpaired) electrons. The fraction of sp³-hybridized carbons (Fsp3) is 0.148. The van der Waals surface area contributed by atoms with Crippen LogP contribution in [0.2, 0.25) is 5.02 Å². The van der Waals surface area contributed by atoms with E-state index in [1.54, 1.807) is 36.4 Å². The lowest BCUT2D eigenvalue weighted by molar-refractivity contribution is -0.122. The van der Waals surface area contributed by atoms with Crippen molar-refractivity contribution in [2.75, 3.05) is 13.2 Å². The molecule has 0 saturated carbocycles. The van der Waals surface area contributed by atoms with Crippen molar-refractivity contribution < 1.29 is 19.1 Å². The normalized spacial score (nSPS) is 13.5. The summed E-state index contributed by atoms with van der Waals surface area (Å²) < 4.78 is 11.1. The maximum Gasteiger partial charge on any atom is 0.262 e. The van der Waals surface area contributed by atoms with Crippen LogP contribution >= 0.6 is 11.6 Å². The number of aromatic nitrogens is 1. The largest absolute Gasteiger partial charge is 0.486 e. The molecule has 4 aromatic rings. The van der Waals surface area contributed by atoms with Crippen LogP contribution in [0.5, 0.6) is 11.5 Å². The van der Waals surface area contributed by atoms with Crippen molar-refractivity contribution in [3.63, 3.8) is 0 Å². The van der Waals surface area contributed by atoms with E-state index in [0.29, 0.717) is 35.3 Å². The minimum atomic E-state index is -0.871. The number of benzene rings is 3. The number of nitrogens with one attached hydrogen (secondary N) is 3. The summed E-state index contributed by atoms with van der Waals surface area (Å²) in [5.41, 5.74) is 5.54. The predicted molar refractivity (Wildman–Crippen MR) is 138 cm³/mol. The van der Waals surface area contributed by atoms with Crippen molar-refractivity contribution in [2.24, 2.45) is 5.10 Å². The third-order valence-corrected chi connectivity index (χ3v) is 6.03. The minimum Gasteiger partial charge on any atom is -0.486 e. The molecule has 9 heteroatoms. The zero-order chi connectivity index (χ0) is 24.9. The number of amides is 2. The van der Waals surface area contributed by atoms with Crippen LogP contribution in [0.1, 0.15) is 21.5 Å². The molecule has 0 saturated heterocycles. The zero-order valence-corrected chi connectivity index (χ0v) is 19.9. The summed E-state index contributed by atoms with van der Waals surface area (Å²) in [6.07, 6.45) is 3.63. The van der Waals surface area contributed by atoms with Gasteiger partial charge in [-0.15, -0.1) is 0 Å². The Balaban J connectivity index is 1.33. The Kier molecular flexibility index (Phi) is 6.86. The molecule has 5 rings (SSSR count). The van der Waals surface area contributed by atoms with Gasteiger partial charge in [-0.3, -0.25) is 9.59 Å². The maximum atomic E-state index is 13.1. The van der Waals surface area contributed by atoms with E-state index >= 15 is 0 Å². The van der Waals surface area contributed by atoms with Gasteiger partial charge in [0.05, 0.1) is 6.21 Å². The van der Waals surface area contributed by atoms with Gasteiger partial charge < -0.3 is 19.8 Å². The van der Waals surface area contributed by atoms with Gasteiger partial charge in [-0.05, 0) is 59.7 Å². The number of nitrogens with zero attached hydrogens (tertiary/aromatic N) is 1. The molecule has 0 aliphatic carbocycles. The molecule has 0 unspecified atom stereocenters. The molecule has 36 heavy (non-hydrogen) atoms. The van der Waals surface area contributed by atoms with Crippen molar-refractivity contribution in [3.05, 3.63) is 94.6 Å². The number of carbonyl (C=O) groups is 2. The SMILES string of the molecule is O=C(N[C@H](Cc1c[nH]c2ccccc12)C(=O)N/N=C\c1ccc2c(c1)OCCO2)c1ccc(Cl)cc1. The van der Waals surface area contributed by atoms with Crippen molar-refractivity contribution >= 4 is 40.5 Å². The van der Waals surface area contributed by atoms with Crippen LogP contribution in [0, 0.1) is 0 Å². The number of H-pyrrole nitrogens is 1. The van der Waals surface area contributed by atoms with Crippen molar-refractivity contribution in [3.8, 4) is 11.5 Å². The van der Waals surface area contributed by atoms with Crippen molar-refractivity contribution in [1.29, 1.82) is 0 Å². The van der Waals surface area contributed by atoms with Gasteiger partial charge in [0.15, 0.2) is 11.5 Å². The molecule has 2 amide bonds. The van der Waals surface area contributed by atoms with E-state index in [0.717, 1.165) is 22.0 Å². The number of ether oxygens (including phenoxy) is 2. The summed E-state index contributed by atoms with van der Waals surface area (Å²) in [4.78, 5) is 29.2. The van der Waals surface area contributed by atoms with Gasteiger partial charge in [0.1, 0.15) is 19.3 Å². The standard InChI is InChI=1S/C27H23ClN4O4/c28-20-8-6-18(7-9-20)26(33)31-23(14-19-16-29-22-4-2-1-3-21(19)22)27(34)32-30-15-17-5-10-24-25(13-17)36-12-11-35-24/h1-10,13,15-16,23,29H,11-12,14H2,(H,31,33)(H,32,34)/b30-15-/t23-/m1/s1. The van der Waals surface area contributed by atoms with E-state index < -0.39 is 11.9 Å². The van der Waals surface area contributed by atoms with Crippen LogP contribution < -0.4 is 20.2 Å². The van der Waals surface area contributed by atoms with Crippen molar-refractivity contribution in [2.45, 2.75) is 12.5 Å². The fourth-order valence-electron chi connectivity index (χ4n) is 3.96. The number of carbonyl (C=O) groups excluding carboxylic acids is 2. The van der Waals surface area contributed by atoms with Crippen LogP contribution in [0.25, 0.3) is 10.9 Å². The number of aromatic amines is 1. The van der Waals surface area contributed by atoms with Crippen LogP contribution in [0.15, 0.2) is 78.0 Å².